The molecule has 0 amide bonds. The highest BCUT2D eigenvalue weighted by Crippen LogP contribution is 2.16. The summed E-state index contributed by atoms with van der Waals surface area (Å²) in [6, 6.07) is 0. The third kappa shape index (κ3) is 15.1. The average molecular weight is 357 g/mol. The topological polar surface area (TPSA) is 77.8 Å². The molecule has 0 aromatic rings. The molecule has 2 atom stereocenters. The van der Waals surface area contributed by atoms with Crippen molar-refractivity contribution in [2.75, 3.05) is 0 Å². The SMILES string of the molecule is CCCCCC[C@@H](O)C/C=C\CCCCCCCCC(C)(O)C(=O)O. The van der Waals surface area contributed by atoms with E-state index in [-0.39, 0.29) is 6.10 Å². The van der Waals surface area contributed by atoms with Gasteiger partial charge >= 0.3 is 5.97 Å². The van der Waals surface area contributed by atoms with Gasteiger partial charge in [0.1, 0.15) is 0 Å². The van der Waals surface area contributed by atoms with E-state index in [0.29, 0.717) is 6.42 Å². The largest absolute Gasteiger partial charge is 0.479 e. The number of unbranched alkanes of at least 4 members (excludes halogenated alkanes) is 9. The lowest BCUT2D eigenvalue weighted by Crippen LogP contribution is -2.34. The first kappa shape index (κ1) is 24.1. The highest BCUT2D eigenvalue weighted by atomic mass is 16.4. The molecule has 0 radical (unpaired) electrons. The van der Waals surface area contributed by atoms with Gasteiger partial charge in [0.05, 0.1) is 6.10 Å². The van der Waals surface area contributed by atoms with E-state index in [1.165, 1.54) is 32.6 Å². The number of hydrogen-bond donors (Lipinski definition) is 3. The van der Waals surface area contributed by atoms with Gasteiger partial charge in [0.15, 0.2) is 5.60 Å². The Kier molecular flexibility index (Phi) is 14.9. The number of carboxylic acid groups (broad SMARTS) is 1. The second kappa shape index (κ2) is 15.4. The van der Waals surface area contributed by atoms with E-state index in [1.54, 1.807) is 0 Å². The van der Waals surface area contributed by atoms with E-state index in [9.17, 15) is 15.0 Å². The van der Waals surface area contributed by atoms with E-state index in [0.717, 1.165) is 57.8 Å². The minimum absolute atomic E-state index is 0.184. The average Bonchev–Trinajstić information content (AvgIpc) is 2.56. The molecule has 0 aliphatic carbocycles. The summed E-state index contributed by atoms with van der Waals surface area (Å²) in [5, 5.41) is 28.3. The highest BCUT2D eigenvalue weighted by molar-refractivity contribution is 5.76. The zero-order valence-corrected chi connectivity index (χ0v) is 16.4. The Morgan fingerprint density at radius 1 is 0.960 bits per heavy atom. The van der Waals surface area contributed by atoms with Crippen LogP contribution in [-0.4, -0.2) is 33.0 Å². The fourth-order valence-corrected chi connectivity index (χ4v) is 2.84. The molecule has 0 saturated heterocycles. The van der Waals surface area contributed by atoms with Gasteiger partial charge in [0.25, 0.3) is 0 Å². The van der Waals surface area contributed by atoms with Crippen LogP contribution in [0.2, 0.25) is 0 Å². The van der Waals surface area contributed by atoms with Crippen molar-refractivity contribution < 1.29 is 20.1 Å². The van der Waals surface area contributed by atoms with Crippen molar-refractivity contribution in [2.24, 2.45) is 0 Å². The summed E-state index contributed by atoms with van der Waals surface area (Å²) in [4.78, 5) is 10.8. The maximum atomic E-state index is 10.8. The predicted octanol–water partition coefficient (Wildman–Crippen LogP) is 5.22. The molecule has 0 saturated carbocycles. The number of aliphatic hydroxyl groups is 2. The van der Waals surface area contributed by atoms with Gasteiger partial charge in [-0.2, -0.15) is 0 Å². The number of aliphatic hydroxyl groups excluding tert-OH is 1. The smallest absolute Gasteiger partial charge is 0.335 e. The molecule has 0 rings (SSSR count). The van der Waals surface area contributed by atoms with Gasteiger partial charge in [-0.15, -0.1) is 0 Å². The lowest BCUT2D eigenvalue weighted by atomic mass is 9.98. The highest BCUT2D eigenvalue weighted by Gasteiger charge is 2.28. The number of allylic oxidation sites excluding steroid dienone is 1. The van der Waals surface area contributed by atoms with Crippen molar-refractivity contribution in [3.63, 3.8) is 0 Å². The van der Waals surface area contributed by atoms with E-state index in [4.69, 9.17) is 5.11 Å². The minimum atomic E-state index is -1.58. The molecule has 0 bridgehead atoms. The van der Waals surface area contributed by atoms with E-state index < -0.39 is 11.6 Å². The molecule has 0 aliphatic rings. The Hall–Kier alpha value is -0.870. The van der Waals surface area contributed by atoms with Gasteiger partial charge in [-0.25, -0.2) is 4.79 Å². The number of carbonyl (C=O) groups is 1. The summed E-state index contributed by atoms with van der Waals surface area (Å²) in [7, 11) is 0. The monoisotopic (exact) mass is 356 g/mol. The van der Waals surface area contributed by atoms with E-state index >= 15 is 0 Å². The number of aliphatic carboxylic acids is 1. The molecule has 0 aromatic carbocycles. The van der Waals surface area contributed by atoms with Crippen molar-refractivity contribution in [1.29, 1.82) is 0 Å². The quantitative estimate of drug-likeness (QED) is 0.247. The number of carboxylic acids is 1. The van der Waals surface area contributed by atoms with Crippen LogP contribution in [0.3, 0.4) is 0 Å². The Labute approximate surface area is 154 Å². The second-order valence-electron chi connectivity index (χ2n) is 7.45. The third-order valence-corrected chi connectivity index (χ3v) is 4.71. The molecule has 0 aromatic heterocycles. The first-order valence-corrected chi connectivity index (χ1v) is 10.2. The first-order valence-electron chi connectivity index (χ1n) is 10.2. The molecule has 1 unspecified atom stereocenters. The molecule has 148 valence electrons. The van der Waals surface area contributed by atoms with E-state index in [1.807, 2.05) is 0 Å². The Bertz CT molecular complexity index is 350. The van der Waals surface area contributed by atoms with Gasteiger partial charge in [-0.05, 0) is 45.4 Å². The third-order valence-electron chi connectivity index (χ3n) is 4.71. The van der Waals surface area contributed by atoms with Crippen molar-refractivity contribution in [1.82, 2.24) is 0 Å². The van der Waals surface area contributed by atoms with Crippen molar-refractivity contribution >= 4 is 5.97 Å². The van der Waals surface area contributed by atoms with Gasteiger partial charge in [-0.3, -0.25) is 0 Å². The summed E-state index contributed by atoms with van der Waals surface area (Å²) in [6.45, 7) is 3.56. The van der Waals surface area contributed by atoms with Crippen LogP contribution in [0.5, 0.6) is 0 Å². The molecule has 4 heteroatoms. The minimum Gasteiger partial charge on any atom is -0.479 e. The molecule has 0 heterocycles. The fraction of sp³-hybridized carbons (Fsp3) is 0.857. The molecule has 0 spiro atoms. The molecule has 3 N–H and O–H groups in total. The standard InChI is InChI=1S/C21H40O4/c1-3-4-5-13-16-19(22)17-14-11-9-7-6-8-10-12-15-18-21(2,25)20(23)24/h11,14,19,22,25H,3-10,12-13,15-18H2,1-2H3,(H,23,24)/b14-11-/t19-,21?/m1/s1. The predicted molar refractivity (Wildman–Crippen MR) is 104 cm³/mol. The number of rotatable bonds is 17. The van der Waals surface area contributed by atoms with Crippen LogP contribution < -0.4 is 0 Å². The lowest BCUT2D eigenvalue weighted by Gasteiger charge is -2.17. The van der Waals surface area contributed by atoms with Crippen LogP contribution >= 0.6 is 0 Å². The zero-order chi connectivity index (χ0) is 19.0. The second-order valence-corrected chi connectivity index (χ2v) is 7.45. The maximum Gasteiger partial charge on any atom is 0.335 e. The van der Waals surface area contributed by atoms with Crippen LogP contribution in [0, 0.1) is 0 Å². The molecule has 25 heavy (non-hydrogen) atoms. The Morgan fingerprint density at radius 2 is 1.56 bits per heavy atom. The van der Waals surface area contributed by atoms with Crippen LogP contribution in [0.25, 0.3) is 0 Å². The van der Waals surface area contributed by atoms with Gasteiger partial charge < -0.3 is 15.3 Å². The lowest BCUT2D eigenvalue weighted by molar-refractivity contribution is -0.157. The van der Waals surface area contributed by atoms with Crippen LogP contribution in [0.15, 0.2) is 12.2 Å². The molecule has 0 fully saturated rings. The summed E-state index contributed by atoms with van der Waals surface area (Å²) in [6.07, 6.45) is 18.4. The summed E-state index contributed by atoms with van der Waals surface area (Å²) < 4.78 is 0. The molecular formula is C21H40O4. The fourth-order valence-electron chi connectivity index (χ4n) is 2.84. The van der Waals surface area contributed by atoms with Crippen molar-refractivity contribution in [3.8, 4) is 0 Å². The Balaban J connectivity index is 3.39. The van der Waals surface area contributed by atoms with Gasteiger partial charge in [0.2, 0.25) is 0 Å². The zero-order valence-electron chi connectivity index (χ0n) is 16.4. The van der Waals surface area contributed by atoms with E-state index in [2.05, 4.69) is 19.1 Å². The summed E-state index contributed by atoms with van der Waals surface area (Å²) >= 11 is 0. The Morgan fingerprint density at radius 3 is 2.20 bits per heavy atom. The molecule has 0 aliphatic heterocycles. The van der Waals surface area contributed by atoms with Gasteiger partial charge in [0, 0.05) is 0 Å². The van der Waals surface area contributed by atoms with Crippen LogP contribution in [0.4, 0.5) is 0 Å². The van der Waals surface area contributed by atoms with Crippen LogP contribution in [0.1, 0.15) is 104 Å². The normalized spacial score (nSPS) is 15.4. The first-order chi connectivity index (χ1) is 11.9. The van der Waals surface area contributed by atoms with Crippen molar-refractivity contribution in [2.45, 2.75) is 115 Å². The molecular weight excluding hydrogens is 316 g/mol. The number of hydrogen-bond acceptors (Lipinski definition) is 3. The maximum absolute atomic E-state index is 10.8. The van der Waals surface area contributed by atoms with Gasteiger partial charge in [-0.1, -0.05) is 70.4 Å². The van der Waals surface area contributed by atoms with Crippen molar-refractivity contribution in [3.05, 3.63) is 12.2 Å². The van der Waals surface area contributed by atoms with Crippen LogP contribution in [-0.2, 0) is 4.79 Å². The summed E-state index contributed by atoms with van der Waals surface area (Å²) in [5.74, 6) is -1.13. The molecule has 4 nitrogen and oxygen atoms in total. The summed E-state index contributed by atoms with van der Waals surface area (Å²) in [5.41, 5.74) is -1.58.